The molecule has 4 nitrogen and oxygen atoms in total. The van der Waals surface area contributed by atoms with Crippen LogP contribution in [-0.4, -0.2) is 29.8 Å². The van der Waals surface area contributed by atoms with Gasteiger partial charge in [-0.2, -0.15) is 0 Å². The van der Waals surface area contributed by atoms with Crippen molar-refractivity contribution in [2.75, 3.05) is 18.4 Å². The predicted octanol–water partition coefficient (Wildman–Crippen LogP) is 4.45. The number of carbonyl (C=O) groups excluding carboxylic acids is 2. The molecule has 2 aromatic carbocycles. The van der Waals surface area contributed by atoms with E-state index >= 15 is 0 Å². The molecule has 3 rings (SSSR count). The van der Waals surface area contributed by atoms with Gasteiger partial charge in [0.1, 0.15) is 0 Å². The van der Waals surface area contributed by atoms with E-state index in [0.717, 1.165) is 24.0 Å². The average Bonchev–Trinajstić information content (AvgIpc) is 2.64. The normalized spacial score (nSPS) is 17.0. The van der Waals surface area contributed by atoms with Crippen molar-refractivity contribution in [2.24, 2.45) is 5.92 Å². The molecule has 1 N–H and O–H groups in total. The van der Waals surface area contributed by atoms with Crippen LogP contribution in [0.5, 0.6) is 0 Å². The number of anilines is 1. The van der Waals surface area contributed by atoms with Gasteiger partial charge in [0, 0.05) is 29.4 Å². The van der Waals surface area contributed by atoms with Gasteiger partial charge in [0.05, 0.1) is 5.92 Å². The Morgan fingerprint density at radius 3 is 2.69 bits per heavy atom. The summed E-state index contributed by atoms with van der Waals surface area (Å²) in [6, 6.07) is 13.1. The van der Waals surface area contributed by atoms with E-state index in [9.17, 15) is 9.59 Å². The van der Waals surface area contributed by atoms with Crippen LogP contribution in [0.4, 0.5) is 5.69 Å². The van der Waals surface area contributed by atoms with E-state index in [2.05, 4.69) is 5.32 Å². The van der Waals surface area contributed by atoms with Crippen molar-refractivity contribution in [1.82, 2.24) is 4.90 Å². The van der Waals surface area contributed by atoms with E-state index < -0.39 is 0 Å². The third-order valence-electron chi connectivity index (χ3n) is 4.78. The zero-order valence-corrected chi connectivity index (χ0v) is 15.8. The second-order valence-electron chi connectivity index (χ2n) is 6.91. The molecular weight excluding hydrogens is 348 g/mol. The number of likely N-dealkylation sites (tertiary alicyclic amines) is 1. The van der Waals surface area contributed by atoms with Crippen LogP contribution < -0.4 is 5.32 Å². The van der Waals surface area contributed by atoms with E-state index in [0.29, 0.717) is 29.4 Å². The van der Waals surface area contributed by atoms with Crippen molar-refractivity contribution >= 4 is 29.1 Å². The molecule has 1 heterocycles. The van der Waals surface area contributed by atoms with Gasteiger partial charge in [-0.15, -0.1) is 0 Å². The highest BCUT2D eigenvalue weighted by atomic mass is 35.5. The number of rotatable bonds is 3. The molecule has 0 bridgehead atoms. The number of nitrogens with zero attached hydrogens (tertiary/aromatic N) is 1. The first kappa shape index (κ1) is 18.5. The number of hydrogen-bond acceptors (Lipinski definition) is 2. The number of amides is 2. The van der Waals surface area contributed by atoms with Gasteiger partial charge in [-0.25, -0.2) is 0 Å². The zero-order chi connectivity index (χ0) is 18.7. The maximum Gasteiger partial charge on any atom is 0.253 e. The number of piperidine rings is 1. The van der Waals surface area contributed by atoms with Crippen LogP contribution >= 0.6 is 11.6 Å². The Bertz CT molecular complexity index is 835. The molecule has 0 spiro atoms. The Hall–Kier alpha value is -2.33. The quantitative estimate of drug-likeness (QED) is 0.867. The van der Waals surface area contributed by atoms with Crippen LogP contribution in [0.2, 0.25) is 5.02 Å². The first-order valence-corrected chi connectivity index (χ1v) is 9.25. The highest BCUT2D eigenvalue weighted by Gasteiger charge is 2.29. The molecule has 2 aromatic rings. The molecule has 1 aliphatic heterocycles. The van der Waals surface area contributed by atoms with Gasteiger partial charge in [0.25, 0.3) is 5.91 Å². The van der Waals surface area contributed by atoms with Gasteiger partial charge in [-0.05, 0) is 56.5 Å². The van der Waals surface area contributed by atoms with Crippen LogP contribution in [0, 0.1) is 19.8 Å². The van der Waals surface area contributed by atoms with Crippen LogP contribution in [0.1, 0.15) is 34.3 Å². The first-order chi connectivity index (χ1) is 12.4. The molecule has 1 unspecified atom stereocenters. The highest BCUT2D eigenvalue weighted by molar-refractivity contribution is 6.31. The smallest absolute Gasteiger partial charge is 0.253 e. The van der Waals surface area contributed by atoms with Gasteiger partial charge in [0.2, 0.25) is 5.91 Å². The Balaban J connectivity index is 1.66. The second-order valence-corrected chi connectivity index (χ2v) is 7.32. The summed E-state index contributed by atoms with van der Waals surface area (Å²) in [5, 5.41) is 3.55. The number of aryl methyl sites for hydroxylation is 2. The third kappa shape index (κ3) is 4.25. The lowest BCUT2D eigenvalue weighted by atomic mass is 9.96. The van der Waals surface area contributed by atoms with Gasteiger partial charge < -0.3 is 10.2 Å². The highest BCUT2D eigenvalue weighted by Crippen LogP contribution is 2.23. The van der Waals surface area contributed by atoms with E-state index in [1.165, 1.54) is 0 Å². The molecule has 136 valence electrons. The summed E-state index contributed by atoms with van der Waals surface area (Å²) in [6.45, 7) is 5.02. The summed E-state index contributed by atoms with van der Waals surface area (Å²) in [4.78, 5) is 27.2. The number of hydrogen-bond donors (Lipinski definition) is 1. The van der Waals surface area contributed by atoms with Crippen molar-refractivity contribution in [2.45, 2.75) is 26.7 Å². The fourth-order valence-corrected chi connectivity index (χ4v) is 3.43. The molecule has 26 heavy (non-hydrogen) atoms. The van der Waals surface area contributed by atoms with Gasteiger partial charge in [-0.3, -0.25) is 9.59 Å². The van der Waals surface area contributed by atoms with Crippen LogP contribution in [0.15, 0.2) is 42.5 Å². The Morgan fingerprint density at radius 1 is 1.15 bits per heavy atom. The Labute approximate surface area is 159 Å². The van der Waals surface area contributed by atoms with Crippen molar-refractivity contribution in [1.29, 1.82) is 0 Å². The van der Waals surface area contributed by atoms with Crippen LogP contribution in [0.25, 0.3) is 0 Å². The predicted molar refractivity (Wildman–Crippen MR) is 105 cm³/mol. The number of halogens is 1. The van der Waals surface area contributed by atoms with Gasteiger partial charge in [0.15, 0.2) is 0 Å². The van der Waals surface area contributed by atoms with E-state index in [1.807, 2.05) is 50.2 Å². The minimum absolute atomic E-state index is 0.00965. The molecule has 0 saturated carbocycles. The van der Waals surface area contributed by atoms with Crippen molar-refractivity contribution < 1.29 is 9.59 Å². The van der Waals surface area contributed by atoms with Crippen molar-refractivity contribution in [3.8, 4) is 0 Å². The summed E-state index contributed by atoms with van der Waals surface area (Å²) in [5.41, 5.74) is 3.39. The van der Waals surface area contributed by atoms with Crippen LogP contribution in [-0.2, 0) is 4.79 Å². The average molecular weight is 371 g/mol. The van der Waals surface area contributed by atoms with E-state index in [1.54, 1.807) is 11.0 Å². The Morgan fingerprint density at radius 2 is 1.96 bits per heavy atom. The standard InChI is InChI=1S/C21H23ClN2O2/c1-14-5-3-6-16(11-14)21(26)24-10-4-7-17(13-24)20(25)23-18-9-8-15(2)19(22)12-18/h3,5-6,8-9,11-12,17H,4,7,10,13H2,1-2H3,(H,23,25). The fraction of sp³-hybridized carbons (Fsp3) is 0.333. The number of benzene rings is 2. The zero-order valence-electron chi connectivity index (χ0n) is 15.1. The minimum atomic E-state index is -0.211. The lowest BCUT2D eigenvalue weighted by molar-refractivity contribution is -0.121. The van der Waals surface area contributed by atoms with Gasteiger partial charge >= 0.3 is 0 Å². The lowest BCUT2D eigenvalue weighted by Gasteiger charge is -2.32. The molecule has 1 atom stereocenters. The monoisotopic (exact) mass is 370 g/mol. The van der Waals surface area contributed by atoms with Crippen molar-refractivity contribution in [3.05, 3.63) is 64.2 Å². The molecular formula is C21H23ClN2O2. The second kappa shape index (κ2) is 7.92. The van der Waals surface area contributed by atoms with E-state index in [4.69, 9.17) is 11.6 Å². The summed E-state index contributed by atoms with van der Waals surface area (Å²) in [5.74, 6) is -0.283. The maximum atomic E-state index is 12.7. The molecule has 5 heteroatoms. The molecule has 0 aliphatic carbocycles. The summed E-state index contributed by atoms with van der Waals surface area (Å²) in [7, 11) is 0. The topological polar surface area (TPSA) is 49.4 Å². The minimum Gasteiger partial charge on any atom is -0.338 e. The van der Waals surface area contributed by atoms with E-state index in [-0.39, 0.29) is 17.7 Å². The summed E-state index contributed by atoms with van der Waals surface area (Å²) >= 11 is 6.12. The molecule has 1 saturated heterocycles. The lowest BCUT2D eigenvalue weighted by Crippen LogP contribution is -2.43. The number of carbonyl (C=O) groups is 2. The summed E-state index contributed by atoms with van der Waals surface area (Å²) in [6.07, 6.45) is 1.60. The SMILES string of the molecule is Cc1cccc(C(=O)N2CCCC(C(=O)Nc3ccc(C)c(Cl)c3)C2)c1. The third-order valence-corrected chi connectivity index (χ3v) is 5.19. The van der Waals surface area contributed by atoms with Gasteiger partial charge in [-0.1, -0.05) is 35.4 Å². The Kier molecular flexibility index (Phi) is 5.62. The number of nitrogens with one attached hydrogen (secondary N) is 1. The van der Waals surface area contributed by atoms with Crippen molar-refractivity contribution in [3.63, 3.8) is 0 Å². The summed E-state index contributed by atoms with van der Waals surface area (Å²) < 4.78 is 0. The molecule has 0 radical (unpaired) electrons. The maximum absolute atomic E-state index is 12.7. The molecule has 0 aromatic heterocycles. The largest absolute Gasteiger partial charge is 0.338 e. The molecule has 1 fully saturated rings. The first-order valence-electron chi connectivity index (χ1n) is 8.87. The molecule has 1 aliphatic rings. The molecule has 2 amide bonds. The fourth-order valence-electron chi connectivity index (χ4n) is 3.25. The van der Waals surface area contributed by atoms with Crippen LogP contribution in [0.3, 0.4) is 0 Å².